The fourth-order valence-corrected chi connectivity index (χ4v) is 0.472. The summed E-state index contributed by atoms with van der Waals surface area (Å²) >= 11 is 0. The molecule has 0 fully saturated rings. The Morgan fingerprint density at radius 3 is 1.60 bits per heavy atom. The SMILES string of the molecule is C=C=CC(C)(C)C(C)(C)C. The normalized spacial score (nSPS) is 12.5. The molecule has 0 unspecified atom stereocenters. The number of rotatable bonds is 1. The third kappa shape index (κ3) is 2.04. The zero-order chi connectivity index (χ0) is 8.41. The smallest absolute Gasteiger partial charge is 0.00508 e. The molecular weight excluding hydrogens is 120 g/mol. The topological polar surface area (TPSA) is 0 Å². The van der Waals surface area contributed by atoms with E-state index in [1.54, 1.807) is 0 Å². The maximum atomic E-state index is 3.58. The van der Waals surface area contributed by atoms with E-state index < -0.39 is 0 Å². The standard InChI is InChI=1S/C10H18/c1-7-8-10(5,6)9(2,3)4/h8H,1H2,2-6H3. The minimum absolute atomic E-state index is 0.189. The minimum Gasteiger partial charge on any atom is -0.132 e. The van der Waals surface area contributed by atoms with Crippen molar-refractivity contribution in [2.75, 3.05) is 0 Å². The molecule has 0 bridgehead atoms. The van der Waals surface area contributed by atoms with Gasteiger partial charge in [0.05, 0.1) is 0 Å². The van der Waals surface area contributed by atoms with Crippen molar-refractivity contribution < 1.29 is 0 Å². The molecular formula is C10H18. The van der Waals surface area contributed by atoms with Crippen molar-refractivity contribution >= 4 is 0 Å². The highest BCUT2D eigenvalue weighted by molar-refractivity contribution is 4.98. The molecule has 0 aliphatic carbocycles. The van der Waals surface area contributed by atoms with Crippen LogP contribution in [0.5, 0.6) is 0 Å². The van der Waals surface area contributed by atoms with Crippen LogP contribution < -0.4 is 0 Å². The quantitative estimate of drug-likeness (QED) is 0.487. The van der Waals surface area contributed by atoms with Gasteiger partial charge in [0.15, 0.2) is 0 Å². The zero-order valence-corrected chi connectivity index (χ0v) is 7.78. The molecule has 0 aromatic rings. The Balaban J connectivity index is 4.56. The summed E-state index contributed by atoms with van der Waals surface area (Å²) < 4.78 is 0. The summed E-state index contributed by atoms with van der Waals surface area (Å²) in [6.07, 6.45) is 2.03. The summed E-state index contributed by atoms with van der Waals surface area (Å²) in [4.78, 5) is 0. The van der Waals surface area contributed by atoms with Crippen LogP contribution in [0, 0.1) is 10.8 Å². The van der Waals surface area contributed by atoms with Crippen molar-refractivity contribution in [3.05, 3.63) is 18.4 Å². The summed E-state index contributed by atoms with van der Waals surface area (Å²) in [5.74, 6) is 0. The van der Waals surface area contributed by atoms with E-state index in [1.165, 1.54) is 0 Å². The van der Waals surface area contributed by atoms with Crippen LogP contribution in [-0.4, -0.2) is 0 Å². The predicted molar refractivity (Wildman–Crippen MR) is 46.9 cm³/mol. The van der Waals surface area contributed by atoms with Crippen molar-refractivity contribution in [2.24, 2.45) is 10.8 Å². The molecule has 0 nitrogen and oxygen atoms in total. The molecule has 10 heavy (non-hydrogen) atoms. The maximum absolute atomic E-state index is 3.58. The van der Waals surface area contributed by atoms with Crippen LogP contribution in [0.3, 0.4) is 0 Å². The number of hydrogen-bond donors (Lipinski definition) is 0. The molecule has 0 rings (SSSR count). The molecule has 58 valence electrons. The van der Waals surface area contributed by atoms with Crippen molar-refractivity contribution in [1.29, 1.82) is 0 Å². The van der Waals surface area contributed by atoms with E-state index in [0.29, 0.717) is 0 Å². The van der Waals surface area contributed by atoms with Gasteiger partial charge in [0.1, 0.15) is 0 Å². The second-order valence-electron chi connectivity index (χ2n) is 4.32. The highest BCUT2D eigenvalue weighted by Gasteiger charge is 2.29. The van der Waals surface area contributed by atoms with E-state index >= 15 is 0 Å². The van der Waals surface area contributed by atoms with Crippen molar-refractivity contribution in [3.8, 4) is 0 Å². The highest BCUT2D eigenvalue weighted by atomic mass is 14.3. The van der Waals surface area contributed by atoms with Gasteiger partial charge in [-0.1, -0.05) is 41.2 Å². The lowest BCUT2D eigenvalue weighted by molar-refractivity contribution is 0.193. The maximum Gasteiger partial charge on any atom is -0.00508 e. The molecule has 0 N–H and O–H groups in total. The molecule has 0 heterocycles. The third-order valence-corrected chi connectivity index (χ3v) is 2.40. The van der Waals surface area contributed by atoms with Crippen LogP contribution in [0.2, 0.25) is 0 Å². The van der Waals surface area contributed by atoms with Crippen LogP contribution in [-0.2, 0) is 0 Å². The van der Waals surface area contributed by atoms with E-state index in [4.69, 9.17) is 0 Å². The first-order chi connectivity index (χ1) is 4.31. The van der Waals surface area contributed by atoms with Crippen LogP contribution in [0.1, 0.15) is 34.6 Å². The van der Waals surface area contributed by atoms with Gasteiger partial charge in [-0.3, -0.25) is 0 Å². The molecule has 0 aliphatic heterocycles. The van der Waals surface area contributed by atoms with Gasteiger partial charge in [-0.2, -0.15) is 0 Å². The van der Waals surface area contributed by atoms with Crippen molar-refractivity contribution in [3.63, 3.8) is 0 Å². The Bertz CT molecular complexity index is 149. The van der Waals surface area contributed by atoms with Crippen LogP contribution >= 0.6 is 0 Å². The van der Waals surface area contributed by atoms with Crippen molar-refractivity contribution in [2.45, 2.75) is 34.6 Å². The molecule has 0 heteroatoms. The van der Waals surface area contributed by atoms with Gasteiger partial charge in [0.25, 0.3) is 0 Å². The monoisotopic (exact) mass is 138 g/mol. The molecule has 0 saturated carbocycles. The number of allylic oxidation sites excluding steroid dienone is 1. The second-order valence-corrected chi connectivity index (χ2v) is 4.32. The van der Waals surface area contributed by atoms with E-state index in [1.807, 2.05) is 6.08 Å². The average molecular weight is 138 g/mol. The molecule has 0 aromatic carbocycles. The van der Waals surface area contributed by atoms with Gasteiger partial charge in [0.2, 0.25) is 0 Å². The first kappa shape index (κ1) is 9.52. The molecule has 0 atom stereocenters. The average Bonchev–Trinajstić information content (AvgIpc) is 1.61. The van der Waals surface area contributed by atoms with Crippen LogP contribution in [0.25, 0.3) is 0 Å². The Hall–Kier alpha value is -0.480. The largest absolute Gasteiger partial charge is 0.132 e. The Morgan fingerprint density at radius 2 is 1.50 bits per heavy atom. The lowest BCUT2D eigenvalue weighted by atomic mass is 9.69. The minimum atomic E-state index is 0.189. The molecule has 0 radical (unpaired) electrons. The van der Waals surface area contributed by atoms with Gasteiger partial charge in [-0.05, 0) is 16.9 Å². The third-order valence-electron chi connectivity index (χ3n) is 2.40. The zero-order valence-electron chi connectivity index (χ0n) is 7.78. The van der Waals surface area contributed by atoms with Gasteiger partial charge < -0.3 is 0 Å². The molecule has 0 aliphatic rings. The van der Waals surface area contributed by atoms with Gasteiger partial charge in [-0.15, -0.1) is 5.73 Å². The lowest BCUT2D eigenvalue weighted by Gasteiger charge is -2.35. The Kier molecular flexibility index (Phi) is 2.51. The van der Waals surface area contributed by atoms with Crippen LogP contribution in [0.15, 0.2) is 18.4 Å². The van der Waals surface area contributed by atoms with Gasteiger partial charge in [0, 0.05) is 0 Å². The van der Waals surface area contributed by atoms with Crippen LogP contribution in [0.4, 0.5) is 0 Å². The molecule has 0 saturated heterocycles. The fraction of sp³-hybridized carbons (Fsp3) is 0.700. The highest BCUT2D eigenvalue weighted by Crippen LogP contribution is 2.38. The first-order valence-corrected chi connectivity index (χ1v) is 3.68. The molecule has 0 spiro atoms. The predicted octanol–water partition coefficient (Wildman–Crippen LogP) is 3.40. The molecule has 0 amide bonds. The van der Waals surface area contributed by atoms with E-state index in [0.717, 1.165) is 0 Å². The summed E-state index contributed by atoms with van der Waals surface area (Å²) in [6.45, 7) is 14.6. The summed E-state index contributed by atoms with van der Waals surface area (Å²) in [5, 5.41) is 0. The Labute approximate surface area is 64.6 Å². The van der Waals surface area contributed by atoms with Crippen molar-refractivity contribution in [1.82, 2.24) is 0 Å². The second kappa shape index (κ2) is 2.64. The lowest BCUT2D eigenvalue weighted by Crippen LogP contribution is -2.26. The summed E-state index contributed by atoms with van der Waals surface area (Å²) in [7, 11) is 0. The van der Waals surface area contributed by atoms with Gasteiger partial charge in [-0.25, -0.2) is 0 Å². The first-order valence-electron chi connectivity index (χ1n) is 3.68. The number of hydrogen-bond acceptors (Lipinski definition) is 0. The Morgan fingerprint density at radius 1 is 1.10 bits per heavy atom. The van der Waals surface area contributed by atoms with E-state index in [2.05, 4.69) is 46.9 Å². The van der Waals surface area contributed by atoms with E-state index in [9.17, 15) is 0 Å². The molecule has 0 aromatic heterocycles. The fourth-order valence-electron chi connectivity index (χ4n) is 0.472. The summed E-state index contributed by atoms with van der Waals surface area (Å²) in [6, 6.07) is 0. The van der Waals surface area contributed by atoms with Gasteiger partial charge >= 0.3 is 0 Å². The van der Waals surface area contributed by atoms with E-state index in [-0.39, 0.29) is 10.8 Å². The summed E-state index contributed by atoms with van der Waals surface area (Å²) in [5.41, 5.74) is 3.32.